The quantitative estimate of drug-likeness (QED) is 0.236. The van der Waals surface area contributed by atoms with Gasteiger partial charge in [0.25, 0.3) is 0 Å². The third-order valence-electron chi connectivity index (χ3n) is 8.12. The molecule has 2 nitrogen and oxygen atoms in total. The Kier molecular flexibility index (Phi) is 5.21. The molecule has 0 saturated heterocycles. The van der Waals surface area contributed by atoms with Gasteiger partial charge < -0.3 is 4.74 Å². The Morgan fingerprint density at radius 2 is 1.43 bits per heavy atom. The highest BCUT2D eigenvalue weighted by Gasteiger charge is 2.28. The fraction of sp³-hybridized carbons (Fsp3) is 0.171. The first-order valence-corrected chi connectivity index (χ1v) is 13.2. The highest BCUT2D eigenvalue weighted by Crippen LogP contribution is 2.45. The van der Waals surface area contributed by atoms with Crippen LogP contribution in [0.1, 0.15) is 36.0 Å². The second kappa shape index (κ2) is 8.74. The van der Waals surface area contributed by atoms with Gasteiger partial charge in [-0.15, -0.1) is 0 Å². The molecule has 2 heteroatoms. The molecule has 2 atom stereocenters. The van der Waals surface area contributed by atoms with Crippen molar-refractivity contribution in [2.24, 2.45) is 5.92 Å². The van der Waals surface area contributed by atoms with Crippen molar-refractivity contribution in [3.63, 3.8) is 0 Å². The molecule has 1 aromatic heterocycles. The largest absolute Gasteiger partial charge is 0.481 e. The maximum absolute atomic E-state index is 5.69. The van der Waals surface area contributed by atoms with Gasteiger partial charge in [0.1, 0.15) is 0 Å². The first kappa shape index (κ1) is 22.1. The first-order chi connectivity index (χ1) is 18.2. The lowest BCUT2D eigenvalue weighted by atomic mass is 9.72. The van der Waals surface area contributed by atoms with Gasteiger partial charge in [0.05, 0.1) is 12.8 Å². The second-order valence-corrected chi connectivity index (χ2v) is 10.4. The lowest BCUT2D eigenvalue weighted by Gasteiger charge is -2.32. The SMILES string of the molecule is COc1nc(-c2cccc3c2ccc2c4c(ccc23)CC(C)CC4c2ccccc2)cc2ccccc12. The molecular formula is C35H29NO. The Balaban J connectivity index is 1.47. The average molecular weight is 480 g/mol. The van der Waals surface area contributed by atoms with Gasteiger partial charge in [-0.05, 0) is 74.5 Å². The Labute approximate surface area is 217 Å². The van der Waals surface area contributed by atoms with Gasteiger partial charge in [-0.25, -0.2) is 4.98 Å². The van der Waals surface area contributed by atoms with E-state index in [2.05, 4.69) is 104 Å². The van der Waals surface area contributed by atoms with Crippen molar-refractivity contribution in [3.05, 3.63) is 120 Å². The lowest BCUT2D eigenvalue weighted by molar-refractivity contribution is 0.404. The van der Waals surface area contributed by atoms with Crippen LogP contribution in [0.2, 0.25) is 0 Å². The molecule has 37 heavy (non-hydrogen) atoms. The highest BCUT2D eigenvalue weighted by molar-refractivity contribution is 6.13. The Hall–Kier alpha value is -4.17. The summed E-state index contributed by atoms with van der Waals surface area (Å²) in [6, 6.07) is 37.5. The second-order valence-electron chi connectivity index (χ2n) is 10.4. The molecule has 0 fully saturated rings. The number of ether oxygens (including phenoxy) is 1. The summed E-state index contributed by atoms with van der Waals surface area (Å²) in [6.45, 7) is 2.39. The molecule has 1 heterocycles. The lowest BCUT2D eigenvalue weighted by Crippen LogP contribution is -2.18. The molecule has 6 aromatic rings. The topological polar surface area (TPSA) is 22.1 Å². The fourth-order valence-corrected chi connectivity index (χ4v) is 6.48. The molecule has 1 aliphatic rings. The van der Waals surface area contributed by atoms with E-state index in [-0.39, 0.29) is 0 Å². The summed E-state index contributed by atoms with van der Waals surface area (Å²) in [6.07, 6.45) is 2.34. The van der Waals surface area contributed by atoms with E-state index >= 15 is 0 Å². The minimum absolute atomic E-state index is 0.427. The van der Waals surface area contributed by atoms with Crippen molar-refractivity contribution in [2.75, 3.05) is 7.11 Å². The summed E-state index contributed by atoms with van der Waals surface area (Å²) in [5.74, 6) is 1.77. The van der Waals surface area contributed by atoms with Gasteiger partial charge in [-0.2, -0.15) is 0 Å². The first-order valence-electron chi connectivity index (χ1n) is 13.2. The number of hydrogen-bond acceptors (Lipinski definition) is 2. The standard InChI is InChI=1S/C35H29NO/c1-22-19-25-15-16-29-27-13-8-14-30(33-21-24-11-6-7-12-26(24)35(36-33)37-2)28(27)17-18-31(29)34(25)32(20-22)23-9-4-3-5-10-23/h3-18,21-22,32H,19-20H2,1-2H3. The van der Waals surface area contributed by atoms with Crippen LogP contribution < -0.4 is 4.74 Å². The fourth-order valence-electron chi connectivity index (χ4n) is 6.48. The summed E-state index contributed by atoms with van der Waals surface area (Å²) >= 11 is 0. The number of methoxy groups -OCH3 is 1. The van der Waals surface area contributed by atoms with Crippen LogP contribution in [0, 0.1) is 5.92 Å². The average Bonchev–Trinajstić information content (AvgIpc) is 2.95. The highest BCUT2D eigenvalue weighted by atomic mass is 16.5. The Morgan fingerprint density at radius 3 is 2.30 bits per heavy atom. The van der Waals surface area contributed by atoms with Crippen LogP contribution in [0.4, 0.5) is 0 Å². The van der Waals surface area contributed by atoms with Crippen LogP contribution in [-0.4, -0.2) is 12.1 Å². The van der Waals surface area contributed by atoms with Gasteiger partial charge in [0.2, 0.25) is 5.88 Å². The van der Waals surface area contributed by atoms with Crippen LogP contribution >= 0.6 is 0 Å². The summed E-state index contributed by atoms with van der Waals surface area (Å²) in [4.78, 5) is 4.93. The predicted molar refractivity (Wildman–Crippen MR) is 155 cm³/mol. The third-order valence-corrected chi connectivity index (χ3v) is 8.12. The Bertz CT molecular complexity index is 1790. The molecule has 0 radical (unpaired) electrons. The van der Waals surface area contributed by atoms with E-state index in [1.807, 2.05) is 6.07 Å². The number of aromatic nitrogens is 1. The van der Waals surface area contributed by atoms with E-state index in [4.69, 9.17) is 9.72 Å². The normalized spacial score (nSPS) is 17.2. The van der Waals surface area contributed by atoms with Crippen LogP contribution in [0.3, 0.4) is 0 Å². The van der Waals surface area contributed by atoms with Crippen molar-refractivity contribution in [2.45, 2.75) is 25.7 Å². The van der Waals surface area contributed by atoms with Crippen LogP contribution in [0.25, 0.3) is 43.6 Å². The van der Waals surface area contributed by atoms with Gasteiger partial charge in [-0.1, -0.05) is 97.9 Å². The molecule has 2 unspecified atom stereocenters. The van der Waals surface area contributed by atoms with Crippen LogP contribution in [0.5, 0.6) is 5.88 Å². The van der Waals surface area contributed by atoms with Crippen molar-refractivity contribution < 1.29 is 4.74 Å². The summed E-state index contributed by atoms with van der Waals surface area (Å²) < 4.78 is 5.69. The number of pyridine rings is 1. The molecule has 0 N–H and O–H groups in total. The van der Waals surface area contributed by atoms with E-state index in [0.717, 1.165) is 28.5 Å². The molecule has 0 spiro atoms. The Morgan fingerprint density at radius 1 is 0.703 bits per heavy atom. The van der Waals surface area contributed by atoms with Crippen molar-refractivity contribution >= 4 is 32.3 Å². The number of benzene rings is 5. The van der Waals surface area contributed by atoms with Crippen molar-refractivity contribution in [3.8, 4) is 17.1 Å². The predicted octanol–water partition coefficient (Wildman–Crippen LogP) is 8.93. The van der Waals surface area contributed by atoms with Gasteiger partial charge >= 0.3 is 0 Å². The van der Waals surface area contributed by atoms with Crippen molar-refractivity contribution in [1.29, 1.82) is 0 Å². The van der Waals surface area contributed by atoms with Crippen molar-refractivity contribution in [1.82, 2.24) is 4.98 Å². The zero-order valence-corrected chi connectivity index (χ0v) is 21.2. The van der Waals surface area contributed by atoms with Crippen LogP contribution in [-0.2, 0) is 6.42 Å². The van der Waals surface area contributed by atoms with Gasteiger partial charge in [-0.3, -0.25) is 0 Å². The number of hydrogen-bond donors (Lipinski definition) is 0. The molecule has 0 amide bonds. The monoisotopic (exact) mass is 479 g/mol. The molecule has 1 aliphatic carbocycles. The zero-order chi connectivity index (χ0) is 24.9. The zero-order valence-electron chi connectivity index (χ0n) is 21.2. The number of nitrogens with zero attached hydrogens (tertiary/aromatic N) is 1. The van der Waals surface area contributed by atoms with E-state index in [9.17, 15) is 0 Å². The molecule has 180 valence electrons. The maximum atomic E-state index is 5.69. The van der Waals surface area contributed by atoms with Gasteiger partial charge in [0, 0.05) is 16.9 Å². The minimum atomic E-state index is 0.427. The molecular weight excluding hydrogens is 450 g/mol. The van der Waals surface area contributed by atoms with E-state index in [1.54, 1.807) is 7.11 Å². The van der Waals surface area contributed by atoms with E-state index in [1.165, 1.54) is 44.7 Å². The van der Waals surface area contributed by atoms with Crippen LogP contribution in [0.15, 0.2) is 103 Å². The number of rotatable bonds is 3. The molecule has 7 rings (SSSR count). The smallest absolute Gasteiger partial charge is 0.221 e. The van der Waals surface area contributed by atoms with Gasteiger partial charge in [0.15, 0.2) is 0 Å². The van der Waals surface area contributed by atoms with E-state index in [0.29, 0.717) is 17.7 Å². The summed E-state index contributed by atoms with van der Waals surface area (Å²) in [5.41, 5.74) is 6.50. The molecule has 0 aliphatic heterocycles. The number of fused-ring (bicyclic) bond motifs is 6. The molecule has 0 saturated carbocycles. The summed E-state index contributed by atoms with van der Waals surface area (Å²) in [7, 11) is 1.70. The molecule has 5 aromatic carbocycles. The molecule has 0 bridgehead atoms. The third kappa shape index (κ3) is 3.59. The summed E-state index contributed by atoms with van der Waals surface area (Å²) in [5, 5.41) is 7.37. The maximum Gasteiger partial charge on any atom is 0.221 e. The van der Waals surface area contributed by atoms with E-state index < -0.39 is 0 Å². The minimum Gasteiger partial charge on any atom is -0.481 e.